The summed E-state index contributed by atoms with van der Waals surface area (Å²) in [5.41, 5.74) is 0.671. The minimum absolute atomic E-state index is 0.0504. The molecule has 1 aliphatic rings. The van der Waals surface area contributed by atoms with Crippen molar-refractivity contribution >= 4 is 0 Å². The first-order valence-electron chi connectivity index (χ1n) is 8.84. The zero-order valence-electron chi connectivity index (χ0n) is 14.3. The zero-order valence-corrected chi connectivity index (χ0v) is 11.3. The van der Waals surface area contributed by atoms with E-state index in [-0.39, 0.29) is 29.8 Å². The highest BCUT2D eigenvalue weighted by molar-refractivity contribution is 5.28. The lowest BCUT2D eigenvalue weighted by Gasteiger charge is -2.28. The molecule has 1 fully saturated rings. The second-order valence-electron chi connectivity index (χ2n) is 5.55. The first kappa shape index (κ1) is 9.89. The Bertz CT molecular complexity index is 479. The van der Waals surface area contributed by atoms with Crippen LogP contribution in [-0.4, -0.2) is 5.11 Å². The molecule has 0 aliphatic heterocycles. The molecule has 18 heavy (non-hydrogen) atoms. The fourth-order valence-electron chi connectivity index (χ4n) is 2.99. The Kier molecular flexibility index (Phi) is 3.75. The van der Waals surface area contributed by atoms with Gasteiger partial charge in [0.1, 0.15) is 5.75 Å². The average molecular weight is 249 g/mol. The number of phenolic OH excluding ortho intramolecular Hbond substituents is 1. The van der Waals surface area contributed by atoms with E-state index in [1.165, 1.54) is 44.6 Å². The lowest BCUT2D eigenvalue weighted by Crippen LogP contribution is -2.13. The van der Waals surface area contributed by atoms with Crippen molar-refractivity contribution in [3.05, 3.63) is 29.8 Å². The highest BCUT2D eigenvalue weighted by Gasteiger charge is 2.21. The lowest BCUT2D eigenvalue weighted by atomic mass is 9.77. The largest absolute Gasteiger partial charge is 0.508 e. The van der Waals surface area contributed by atoms with Crippen LogP contribution in [0.15, 0.2) is 24.2 Å². The van der Waals surface area contributed by atoms with Gasteiger partial charge in [-0.2, -0.15) is 0 Å². The van der Waals surface area contributed by atoms with E-state index in [2.05, 4.69) is 6.92 Å². The summed E-state index contributed by atoms with van der Waals surface area (Å²) in [5, 5.41) is 9.54. The SMILES string of the molecule is [2H]c1cc(O)c([2H])c([2H])c1C1CCC(CCCCC)CC1. The zero-order chi connectivity index (χ0) is 15.4. The van der Waals surface area contributed by atoms with Crippen LogP contribution in [-0.2, 0) is 0 Å². The molecule has 0 saturated heterocycles. The highest BCUT2D eigenvalue weighted by Crippen LogP contribution is 2.37. The Hall–Kier alpha value is -0.980. The van der Waals surface area contributed by atoms with Crippen molar-refractivity contribution in [1.82, 2.24) is 0 Å². The lowest BCUT2D eigenvalue weighted by molar-refractivity contribution is 0.302. The summed E-state index contributed by atoms with van der Waals surface area (Å²) >= 11 is 0. The molecule has 0 spiro atoms. The van der Waals surface area contributed by atoms with Crippen LogP contribution in [0, 0.1) is 5.92 Å². The predicted molar refractivity (Wildman–Crippen MR) is 76.9 cm³/mol. The standard InChI is InChI=1S/C17H26O/c1-2-3-4-5-14-6-8-15(9-7-14)16-10-12-17(18)13-11-16/h10-15,18H,2-9H2,1H3/i10D,11D,12D. The van der Waals surface area contributed by atoms with Crippen LogP contribution in [0.5, 0.6) is 5.75 Å². The van der Waals surface area contributed by atoms with Gasteiger partial charge in [-0.3, -0.25) is 0 Å². The van der Waals surface area contributed by atoms with Gasteiger partial charge in [-0.25, -0.2) is 0 Å². The Balaban J connectivity index is 2.01. The van der Waals surface area contributed by atoms with E-state index in [9.17, 15) is 5.11 Å². The molecule has 0 aromatic heterocycles. The monoisotopic (exact) mass is 249 g/mol. The predicted octanol–water partition coefficient (Wildman–Crippen LogP) is 5.25. The van der Waals surface area contributed by atoms with E-state index < -0.39 is 0 Å². The van der Waals surface area contributed by atoms with E-state index in [0.29, 0.717) is 5.56 Å². The third kappa shape index (κ3) is 3.76. The normalized spacial score (nSPS) is 26.4. The molecule has 0 atom stereocenters. The first-order valence-corrected chi connectivity index (χ1v) is 7.34. The molecule has 2 rings (SSSR count). The van der Waals surface area contributed by atoms with Crippen molar-refractivity contribution in [3.63, 3.8) is 0 Å². The molecule has 0 heterocycles. The van der Waals surface area contributed by atoms with Crippen molar-refractivity contribution in [3.8, 4) is 5.75 Å². The Morgan fingerprint density at radius 1 is 1.17 bits per heavy atom. The second kappa shape index (κ2) is 6.82. The topological polar surface area (TPSA) is 20.2 Å². The molecule has 1 N–H and O–H groups in total. The van der Waals surface area contributed by atoms with Crippen molar-refractivity contribution in [2.45, 2.75) is 64.2 Å². The molecule has 0 radical (unpaired) electrons. The van der Waals surface area contributed by atoms with E-state index in [0.717, 1.165) is 18.8 Å². The minimum atomic E-state index is -0.248. The van der Waals surface area contributed by atoms with Gasteiger partial charge in [0.25, 0.3) is 0 Å². The molecular formula is C17H26O. The number of hydrogen-bond acceptors (Lipinski definition) is 1. The van der Waals surface area contributed by atoms with Crippen LogP contribution >= 0.6 is 0 Å². The Labute approximate surface area is 115 Å². The molecule has 1 aromatic rings. The second-order valence-corrected chi connectivity index (χ2v) is 5.55. The van der Waals surface area contributed by atoms with Gasteiger partial charge in [0.2, 0.25) is 0 Å². The average Bonchev–Trinajstić information content (AvgIpc) is 2.47. The summed E-state index contributed by atoms with van der Waals surface area (Å²) in [7, 11) is 0. The fraction of sp³-hybridized carbons (Fsp3) is 0.647. The summed E-state index contributed by atoms with van der Waals surface area (Å²) in [6.07, 6.45) is 9.56. The molecule has 0 bridgehead atoms. The van der Waals surface area contributed by atoms with Crippen molar-refractivity contribution < 1.29 is 9.22 Å². The van der Waals surface area contributed by atoms with Crippen LogP contribution in [0.2, 0.25) is 0 Å². The molecule has 0 amide bonds. The van der Waals surface area contributed by atoms with Gasteiger partial charge in [-0.05, 0) is 55.2 Å². The van der Waals surface area contributed by atoms with Gasteiger partial charge in [0.05, 0.1) is 4.11 Å². The highest BCUT2D eigenvalue weighted by atomic mass is 16.3. The number of unbranched alkanes of at least 4 members (excludes halogenated alkanes) is 2. The molecule has 1 saturated carbocycles. The minimum Gasteiger partial charge on any atom is -0.508 e. The van der Waals surface area contributed by atoms with Gasteiger partial charge >= 0.3 is 0 Å². The maximum atomic E-state index is 9.54. The summed E-state index contributed by atoms with van der Waals surface area (Å²) < 4.78 is 23.8. The van der Waals surface area contributed by atoms with Gasteiger partial charge in [-0.15, -0.1) is 0 Å². The quantitative estimate of drug-likeness (QED) is 0.707. The number of benzene rings is 1. The molecule has 1 aliphatic carbocycles. The van der Waals surface area contributed by atoms with Crippen LogP contribution in [0.4, 0.5) is 0 Å². The van der Waals surface area contributed by atoms with E-state index in [4.69, 9.17) is 4.11 Å². The van der Waals surface area contributed by atoms with Crippen LogP contribution in [0.25, 0.3) is 0 Å². The number of hydrogen-bond donors (Lipinski definition) is 1. The van der Waals surface area contributed by atoms with E-state index >= 15 is 0 Å². The molecular weight excluding hydrogens is 220 g/mol. The third-order valence-corrected chi connectivity index (χ3v) is 4.16. The smallest absolute Gasteiger partial charge is 0.115 e. The van der Waals surface area contributed by atoms with Crippen LogP contribution < -0.4 is 0 Å². The fourth-order valence-corrected chi connectivity index (χ4v) is 2.99. The molecule has 100 valence electrons. The maximum Gasteiger partial charge on any atom is 0.115 e. The summed E-state index contributed by atoms with van der Waals surface area (Å²) in [4.78, 5) is 0. The maximum absolute atomic E-state index is 9.54. The number of phenols is 1. The Morgan fingerprint density at radius 3 is 2.67 bits per heavy atom. The summed E-state index contributed by atoms with van der Waals surface area (Å²) in [6, 6.07) is 1.46. The van der Waals surface area contributed by atoms with Crippen molar-refractivity contribution in [2.75, 3.05) is 0 Å². The third-order valence-electron chi connectivity index (χ3n) is 4.16. The van der Waals surface area contributed by atoms with Gasteiger partial charge in [0, 0.05) is 0 Å². The van der Waals surface area contributed by atoms with Gasteiger partial charge in [0.15, 0.2) is 0 Å². The van der Waals surface area contributed by atoms with Crippen LogP contribution in [0.3, 0.4) is 0 Å². The van der Waals surface area contributed by atoms with Gasteiger partial charge in [-0.1, -0.05) is 44.7 Å². The molecule has 1 heteroatoms. The first-order chi connectivity index (χ1) is 10.0. The van der Waals surface area contributed by atoms with Crippen molar-refractivity contribution in [2.24, 2.45) is 5.92 Å². The van der Waals surface area contributed by atoms with Crippen LogP contribution in [0.1, 0.15) is 73.9 Å². The van der Waals surface area contributed by atoms with E-state index in [1.54, 1.807) is 0 Å². The van der Waals surface area contributed by atoms with E-state index in [1.807, 2.05) is 0 Å². The van der Waals surface area contributed by atoms with Gasteiger partial charge < -0.3 is 5.11 Å². The molecule has 1 aromatic carbocycles. The van der Waals surface area contributed by atoms with Crippen molar-refractivity contribution in [1.29, 1.82) is 0 Å². The Morgan fingerprint density at radius 2 is 1.94 bits per heavy atom. The number of rotatable bonds is 5. The summed E-state index contributed by atoms with van der Waals surface area (Å²) in [5.74, 6) is 0.767. The molecule has 0 unspecified atom stereocenters. The molecule has 1 nitrogen and oxygen atoms in total. The number of aromatic hydroxyl groups is 1. The summed E-state index contributed by atoms with van der Waals surface area (Å²) in [6.45, 7) is 2.23.